The molecule has 60 valence electrons. The van der Waals surface area contributed by atoms with Crippen LogP contribution in [0.5, 0.6) is 0 Å². The quantitative estimate of drug-likeness (QED) is 0.552. The molecule has 5 heteroatoms. The lowest BCUT2D eigenvalue weighted by molar-refractivity contribution is 1.22. The predicted molar refractivity (Wildman–Crippen MR) is 47.7 cm³/mol. The number of nitrogens with zero attached hydrogens (tertiary/aromatic N) is 2. The molecule has 0 unspecified atom stereocenters. The van der Waals surface area contributed by atoms with Gasteiger partial charge >= 0.3 is 0 Å². The highest BCUT2D eigenvalue weighted by Crippen LogP contribution is 2.12. The Hall–Kier alpha value is -1.41. The highest BCUT2D eigenvalue weighted by Gasteiger charge is 2.06. The van der Waals surface area contributed by atoms with Gasteiger partial charge in [-0.3, -0.25) is 10.4 Å². The number of hydrogen-bond acceptors (Lipinski definition) is 3. The van der Waals surface area contributed by atoms with Crippen molar-refractivity contribution in [2.45, 2.75) is 0 Å². The molecule has 3 N–H and O–H groups in total. The van der Waals surface area contributed by atoms with Crippen LogP contribution in [0.4, 0.5) is 0 Å². The molecule has 12 heavy (non-hydrogen) atoms. The van der Waals surface area contributed by atoms with Gasteiger partial charge in [-0.2, -0.15) is 5.26 Å². The van der Waals surface area contributed by atoms with Gasteiger partial charge in [-0.25, -0.2) is 0 Å². The van der Waals surface area contributed by atoms with Crippen LogP contribution in [0.15, 0.2) is 16.7 Å². The SMILES string of the molecule is N#Cc1cc(Br)cnc1C(=N)N. The number of nitrogen functional groups attached to an aromatic ring is 1. The maximum Gasteiger partial charge on any atom is 0.143 e. The molecular formula is C7H5BrN4. The lowest BCUT2D eigenvalue weighted by Gasteiger charge is -1.99. The first-order valence-corrected chi connectivity index (χ1v) is 3.84. The fraction of sp³-hybridized carbons (Fsp3) is 0. The Morgan fingerprint density at radius 2 is 2.42 bits per heavy atom. The Balaban J connectivity index is 3.32. The molecule has 0 fully saturated rings. The zero-order valence-corrected chi connectivity index (χ0v) is 7.59. The molecule has 4 nitrogen and oxygen atoms in total. The fourth-order valence-corrected chi connectivity index (χ4v) is 1.07. The number of pyridine rings is 1. The zero-order valence-electron chi connectivity index (χ0n) is 6.00. The maximum atomic E-state index is 8.63. The van der Waals surface area contributed by atoms with E-state index in [1.54, 1.807) is 6.07 Å². The lowest BCUT2D eigenvalue weighted by Crippen LogP contribution is -2.14. The third-order valence-corrected chi connectivity index (χ3v) is 1.66. The molecule has 0 bridgehead atoms. The van der Waals surface area contributed by atoms with E-state index < -0.39 is 0 Å². The minimum absolute atomic E-state index is 0.195. The van der Waals surface area contributed by atoms with E-state index in [2.05, 4.69) is 20.9 Å². The van der Waals surface area contributed by atoms with E-state index in [-0.39, 0.29) is 11.5 Å². The van der Waals surface area contributed by atoms with Crippen LogP contribution in [0.3, 0.4) is 0 Å². The monoisotopic (exact) mass is 224 g/mol. The molecule has 1 aromatic heterocycles. The van der Waals surface area contributed by atoms with Crippen LogP contribution >= 0.6 is 15.9 Å². The van der Waals surface area contributed by atoms with E-state index in [0.29, 0.717) is 10.0 Å². The number of hydrogen-bond donors (Lipinski definition) is 2. The first kappa shape index (κ1) is 8.68. The Labute approximate surface area is 77.7 Å². The van der Waals surface area contributed by atoms with Crippen molar-refractivity contribution >= 4 is 21.8 Å². The molecule has 0 aliphatic carbocycles. The molecule has 0 spiro atoms. The second-order valence-corrected chi connectivity index (χ2v) is 2.99. The van der Waals surface area contributed by atoms with Crippen LogP contribution in [0.2, 0.25) is 0 Å². The molecule has 0 aliphatic rings. The second-order valence-electron chi connectivity index (χ2n) is 2.08. The second kappa shape index (κ2) is 3.32. The van der Waals surface area contributed by atoms with Crippen molar-refractivity contribution in [1.82, 2.24) is 4.98 Å². The van der Waals surface area contributed by atoms with Crippen molar-refractivity contribution in [1.29, 1.82) is 10.7 Å². The van der Waals surface area contributed by atoms with Gasteiger partial charge < -0.3 is 5.73 Å². The summed E-state index contributed by atoms with van der Waals surface area (Å²) in [6, 6.07) is 3.48. The third-order valence-electron chi connectivity index (χ3n) is 1.23. The van der Waals surface area contributed by atoms with Gasteiger partial charge in [0.2, 0.25) is 0 Å². The van der Waals surface area contributed by atoms with Gasteiger partial charge in [-0.15, -0.1) is 0 Å². The van der Waals surface area contributed by atoms with E-state index in [0.717, 1.165) is 0 Å². The zero-order chi connectivity index (χ0) is 9.14. The fourth-order valence-electron chi connectivity index (χ4n) is 0.739. The molecule has 0 amide bonds. The molecule has 0 saturated heterocycles. The van der Waals surface area contributed by atoms with Crippen LogP contribution in [-0.2, 0) is 0 Å². The summed E-state index contributed by atoms with van der Waals surface area (Å²) in [6.45, 7) is 0. The van der Waals surface area contributed by atoms with Gasteiger partial charge in [-0.05, 0) is 22.0 Å². The summed E-state index contributed by atoms with van der Waals surface area (Å²) in [7, 11) is 0. The van der Waals surface area contributed by atoms with Crippen molar-refractivity contribution < 1.29 is 0 Å². The van der Waals surface area contributed by atoms with Gasteiger partial charge in [0.1, 0.15) is 17.6 Å². The Morgan fingerprint density at radius 3 is 2.92 bits per heavy atom. The number of rotatable bonds is 1. The van der Waals surface area contributed by atoms with Crippen LogP contribution in [0.25, 0.3) is 0 Å². The van der Waals surface area contributed by atoms with Crippen LogP contribution in [0, 0.1) is 16.7 Å². The largest absolute Gasteiger partial charge is 0.382 e. The highest BCUT2D eigenvalue weighted by molar-refractivity contribution is 9.10. The summed E-state index contributed by atoms with van der Waals surface area (Å²) in [5.74, 6) is -0.195. The molecular weight excluding hydrogens is 220 g/mol. The smallest absolute Gasteiger partial charge is 0.143 e. The number of nitrogens with one attached hydrogen (secondary N) is 1. The molecule has 1 heterocycles. The van der Waals surface area contributed by atoms with Gasteiger partial charge in [0.25, 0.3) is 0 Å². The Bertz CT molecular complexity index is 366. The van der Waals surface area contributed by atoms with E-state index in [1.165, 1.54) is 6.20 Å². The molecule has 0 atom stereocenters. The predicted octanol–water partition coefficient (Wildman–Crippen LogP) is 1.000. The summed E-state index contributed by atoms with van der Waals surface area (Å²) in [5, 5.41) is 15.7. The summed E-state index contributed by atoms with van der Waals surface area (Å²) in [6.07, 6.45) is 1.50. The van der Waals surface area contributed by atoms with E-state index in [1.807, 2.05) is 6.07 Å². The lowest BCUT2D eigenvalue weighted by atomic mass is 10.2. The first-order chi connectivity index (χ1) is 5.65. The molecule has 0 saturated carbocycles. The number of nitrogens with two attached hydrogens (primary N) is 1. The van der Waals surface area contributed by atoms with Crippen LogP contribution in [0.1, 0.15) is 11.3 Å². The summed E-state index contributed by atoms with van der Waals surface area (Å²) >= 11 is 3.16. The maximum absolute atomic E-state index is 8.63. The van der Waals surface area contributed by atoms with Crippen molar-refractivity contribution in [2.24, 2.45) is 5.73 Å². The van der Waals surface area contributed by atoms with Gasteiger partial charge in [0.05, 0.1) is 5.56 Å². The Morgan fingerprint density at radius 1 is 1.75 bits per heavy atom. The van der Waals surface area contributed by atoms with Crippen molar-refractivity contribution in [3.8, 4) is 6.07 Å². The normalized spacial score (nSPS) is 9.00. The summed E-state index contributed by atoms with van der Waals surface area (Å²) in [5.41, 5.74) is 5.72. The van der Waals surface area contributed by atoms with Gasteiger partial charge in [0.15, 0.2) is 0 Å². The summed E-state index contributed by atoms with van der Waals surface area (Å²) < 4.78 is 0.698. The van der Waals surface area contributed by atoms with Crippen LogP contribution < -0.4 is 5.73 Å². The first-order valence-electron chi connectivity index (χ1n) is 3.05. The average Bonchev–Trinajstić information content (AvgIpc) is 2.03. The topological polar surface area (TPSA) is 86.5 Å². The number of aromatic nitrogens is 1. The number of halogens is 1. The summed E-state index contributed by atoms with van der Waals surface area (Å²) in [4.78, 5) is 3.83. The molecule has 1 aromatic rings. The highest BCUT2D eigenvalue weighted by atomic mass is 79.9. The molecule has 0 radical (unpaired) electrons. The number of nitriles is 1. The van der Waals surface area contributed by atoms with Gasteiger partial charge in [-0.1, -0.05) is 0 Å². The molecule has 0 aromatic carbocycles. The van der Waals surface area contributed by atoms with E-state index >= 15 is 0 Å². The Kier molecular flexibility index (Phi) is 2.41. The molecule has 1 rings (SSSR count). The van der Waals surface area contributed by atoms with Crippen molar-refractivity contribution in [3.63, 3.8) is 0 Å². The van der Waals surface area contributed by atoms with Crippen LogP contribution in [-0.4, -0.2) is 10.8 Å². The minimum Gasteiger partial charge on any atom is -0.382 e. The average molecular weight is 225 g/mol. The van der Waals surface area contributed by atoms with Crippen molar-refractivity contribution in [2.75, 3.05) is 0 Å². The number of amidine groups is 1. The minimum atomic E-state index is -0.195. The standard InChI is InChI=1S/C7H5BrN4/c8-5-1-4(2-9)6(7(10)11)12-3-5/h1,3H,(H3,10,11). The third kappa shape index (κ3) is 1.60. The van der Waals surface area contributed by atoms with Gasteiger partial charge in [0, 0.05) is 10.7 Å². The van der Waals surface area contributed by atoms with E-state index in [4.69, 9.17) is 16.4 Å². The molecule has 0 aliphatic heterocycles. The van der Waals surface area contributed by atoms with Crippen molar-refractivity contribution in [3.05, 3.63) is 28.0 Å². The van der Waals surface area contributed by atoms with E-state index in [9.17, 15) is 0 Å².